The van der Waals surface area contributed by atoms with E-state index in [0.717, 1.165) is 43.4 Å². The van der Waals surface area contributed by atoms with Crippen LogP contribution in [0.25, 0.3) is 0 Å². The number of aliphatic imine (C=N–C) groups is 1. The van der Waals surface area contributed by atoms with E-state index in [1.807, 2.05) is 35.8 Å². The van der Waals surface area contributed by atoms with Crippen LogP contribution in [0, 0.1) is 0 Å². The predicted octanol–water partition coefficient (Wildman–Crippen LogP) is 2.32. The number of ether oxygens (including phenoxy) is 2. The number of unbranched alkanes of at least 4 members (excludes halogenated alkanes) is 1. The SMILES string of the molecule is CN=C(NCCCCn1cnnc1)NCC(C)Oc1cccc(OC)c1.I. The molecular formula is C18H29IN6O2. The molecule has 0 saturated carbocycles. The van der Waals surface area contributed by atoms with Gasteiger partial charge in [0.25, 0.3) is 0 Å². The quantitative estimate of drug-likeness (QED) is 0.231. The van der Waals surface area contributed by atoms with Gasteiger partial charge in [0.2, 0.25) is 0 Å². The first kappa shape index (κ1) is 23.0. The van der Waals surface area contributed by atoms with Crippen LogP contribution < -0.4 is 20.1 Å². The van der Waals surface area contributed by atoms with Crippen molar-refractivity contribution in [3.63, 3.8) is 0 Å². The second kappa shape index (κ2) is 13.2. The second-order valence-corrected chi connectivity index (χ2v) is 5.89. The van der Waals surface area contributed by atoms with Crippen molar-refractivity contribution in [3.8, 4) is 11.5 Å². The van der Waals surface area contributed by atoms with Gasteiger partial charge in [0.15, 0.2) is 5.96 Å². The summed E-state index contributed by atoms with van der Waals surface area (Å²) in [6.45, 7) is 4.44. The minimum atomic E-state index is -0.00519. The zero-order valence-electron chi connectivity index (χ0n) is 16.1. The molecule has 8 nitrogen and oxygen atoms in total. The molecule has 0 spiro atoms. The summed E-state index contributed by atoms with van der Waals surface area (Å²) in [6, 6.07) is 7.60. The van der Waals surface area contributed by atoms with Gasteiger partial charge in [-0.25, -0.2) is 0 Å². The van der Waals surface area contributed by atoms with E-state index in [2.05, 4.69) is 25.8 Å². The first-order valence-electron chi connectivity index (χ1n) is 8.79. The summed E-state index contributed by atoms with van der Waals surface area (Å²) in [7, 11) is 3.41. The molecule has 9 heteroatoms. The van der Waals surface area contributed by atoms with Crippen LogP contribution in [-0.2, 0) is 6.54 Å². The van der Waals surface area contributed by atoms with Crippen LogP contribution in [0.4, 0.5) is 0 Å². The zero-order valence-corrected chi connectivity index (χ0v) is 18.4. The highest BCUT2D eigenvalue weighted by Gasteiger charge is 2.06. The lowest BCUT2D eigenvalue weighted by Gasteiger charge is -2.18. The number of hydrogen-bond acceptors (Lipinski definition) is 5. The van der Waals surface area contributed by atoms with Gasteiger partial charge in [0.1, 0.15) is 30.3 Å². The van der Waals surface area contributed by atoms with Crippen molar-refractivity contribution in [3.05, 3.63) is 36.9 Å². The Hall–Kier alpha value is -2.04. The van der Waals surface area contributed by atoms with E-state index in [-0.39, 0.29) is 30.1 Å². The Morgan fingerprint density at radius 2 is 1.93 bits per heavy atom. The summed E-state index contributed by atoms with van der Waals surface area (Å²) >= 11 is 0. The molecule has 1 heterocycles. The second-order valence-electron chi connectivity index (χ2n) is 5.89. The molecule has 2 rings (SSSR count). The number of benzene rings is 1. The fourth-order valence-corrected chi connectivity index (χ4v) is 2.37. The lowest BCUT2D eigenvalue weighted by molar-refractivity contribution is 0.223. The maximum atomic E-state index is 5.90. The van der Waals surface area contributed by atoms with Gasteiger partial charge >= 0.3 is 0 Å². The Kier molecular flexibility index (Phi) is 11.2. The Morgan fingerprint density at radius 3 is 2.63 bits per heavy atom. The van der Waals surface area contributed by atoms with E-state index in [1.165, 1.54) is 0 Å². The molecule has 2 N–H and O–H groups in total. The minimum Gasteiger partial charge on any atom is -0.497 e. The van der Waals surface area contributed by atoms with Gasteiger partial charge < -0.3 is 24.7 Å². The van der Waals surface area contributed by atoms with Crippen LogP contribution in [0.2, 0.25) is 0 Å². The molecular weight excluding hydrogens is 459 g/mol. The molecule has 1 aromatic carbocycles. The molecule has 1 aromatic heterocycles. The van der Waals surface area contributed by atoms with Gasteiger partial charge in [-0.15, -0.1) is 34.2 Å². The molecule has 0 aliphatic carbocycles. The van der Waals surface area contributed by atoms with E-state index in [9.17, 15) is 0 Å². The average molecular weight is 488 g/mol. The van der Waals surface area contributed by atoms with Crippen LogP contribution in [0.1, 0.15) is 19.8 Å². The first-order valence-corrected chi connectivity index (χ1v) is 8.79. The molecule has 0 saturated heterocycles. The van der Waals surface area contributed by atoms with Crippen molar-refractivity contribution in [2.24, 2.45) is 4.99 Å². The molecule has 150 valence electrons. The van der Waals surface area contributed by atoms with Crippen LogP contribution >= 0.6 is 24.0 Å². The highest BCUT2D eigenvalue weighted by molar-refractivity contribution is 14.0. The number of halogens is 1. The summed E-state index contributed by atoms with van der Waals surface area (Å²) in [6.07, 6.45) is 5.55. The number of guanidine groups is 1. The first-order chi connectivity index (χ1) is 12.7. The molecule has 27 heavy (non-hydrogen) atoms. The molecule has 1 unspecified atom stereocenters. The highest BCUT2D eigenvalue weighted by atomic mass is 127. The number of aryl methyl sites for hydroxylation is 1. The predicted molar refractivity (Wildman–Crippen MR) is 117 cm³/mol. The zero-order chi connectivity index (χ0) is 18.6. The molecule has 0 fully saturated rings. The van der Waals surface area contributed by atoms with Crippen molar-refractivity contribution < 1.29 is 9.47 Å². The Balaban J connectivity index is 0.00000364. The lowest BCUT2D eigenvalue weighted by atomic mass is 10.3. The molecule has 1 atom stereocenters. The molecule has 2 aromatic rings. The number of rotatable bonds is 10. The number of methoxy groups -OCH3 is 1. The highest BCUT2D eigenvalue weighted by Crippen LogP contribution is 2.19. The van der Waals surface area contributed by atoms with E-state index < -0.39 is 0 Å². The fourth-order valence-electron chi connectivity index (χ4n) is 2.37. The van der Waals surface area contributed by atoms with E-state index in [0.29, 0.717) is 6.54 Å². The minimum absolute atomic E-state index is 0. The molecule has 0 amide bonds. The fraction of sp³-hybridized carbons (Fsp3) is 0.500. The smallest absolute Gasteiger partial charge is 0.191 e. The van der Waals surface area contributed by atoms with E-state index >= 15 is 0 Å². The third-order valence-electron chi connectivity index (χ3n) is 3.76. The van der Waals surface area contributed by atoms with Crippen molar-refractivity contribution in [1.29, 1.82) is 0 Å². The normalized spacial score (nSPS) is 12.0. The van der Waals surface area contributed by atoms with Gasteiger partial charge in [0.05, 0.1) is 13.7 Å². The maximum Gasteiger partial charge on any atom is 0.191 e. The number of aromatic nitrogens is 3. The van der Waals surface area contributed by atoms with E-state index in [1.54, 1.807) is 26.8 Å². The van der Waals surface area contributed by atoms with Gasteiger partial charge in [-0.3, -0.25) is 4.99 Å². The Bertz CT molecular complexity index is 666. The molecule has 0 aliphatic rings. The topological polar surface area (TPSA) is 85.6 Å². The molecule has 0 radical (unpaired) electrons. The van der Waals surface area contributed by atoms with Crippen molar-refractivity contribution in [2.45, 2.75) is 32.4 Å². The monoisotopic (exact) mass is 488 g/mol. The third kappa shape index (κ3) is 8.94. The lowest BCUT2D eigenvalue weighted by Crippen LogP contribution is -2.42. The number of nitrogens with zero attached hydrogens (tertiary/aromatic N) is 4. The van der Waals surface area contributed by atoms with Crippen LogP contribution in [-0.4, -0.2) is 54.1 Å². The maximum absolute atomic E-state index is 5.90. The number of nitrogens with one attached hydrogen (secondary N) is 2. The van der Waals surface area contributed by atoms with Crippen molar-refractivity contribution >= 4 is 29.9 Å². The molecule has 0 aliphatic heterocycles. The summed E-state index contributed by atoms with van der Waals surface area (Å²) in [4.78, 5) is 4.24. The average Bonchev–Trinajstić information content (AvgIpc) is 3.17. The van der Waals surface area contributed by atoms with Gasteiger partial charge in [-0.1, -0.05) is 6.07 Å². The van der Waals surface area contributed by atoms with Crippen LogP contribution in [0.5, 0.6) is 11.5 Å². The summed E-state index contributed by atoms with van der Waals surface area (Å²) < 4.78 is 13.1. The standard InChI is InChI=1S/C18H28N6O2.HI/c1-15(26-17-8-6-7-16(11-17)25-3)12-21-18(19-2)20-9-4-5-10-24-13-22-23-14-24;/h6-8,11,13-15H,4-5,9-10,12H2,1-3H3,(H2,19,20,21);1H. The van der Waals surface area contributed by atoms with Gasteiger partial charge in [-0.05, 0) is 31.9 Å². The Labute approximate surface area is 177 Å². The Morgan fingerprint density at radius 1 is 1.19 bits per heavy atom. The summed E-state index contributed by atoms with van der Waals surface area (Å²) in [5, 5.41) is 14.2. The third-order valence-corrected chi connectivity index (χ3v) is 3.76. The van der Waals surface area contributed by atoms with Crippen LogP contribution in [0.3, 0.4) is 0 Å². The largest absolute Gasteiger partial charge is 0.497 e. The van der Waals surface area contributed by atoms with Crippen LogP contribution in [0.15, 0.2) is 41.9 Å². The van der Waals surface area contributed by atoms with Crippen molar-refractivity contribution in [1.82, 2.24) is 25.4 Å². The van der Waals surface area contributed by atoms with Gasteiger partial charge in [-0.2, -0.15) is 0 Å². The van der Waals surface area contributed by atoms with Gasteiger partial charge in [0, 0.05) is 26.2 Å². The molecule has 0 bridgehead atoms. The summed E-state index contributed by atoms with van der Waals surface area (Å²) in [5.41, 5.74) is 0. The number of hydrogen-bond donors (Lipinski definition) is 2. The summed E-state index contributed by atoms with van der Waals surface area (Å²) in [5.74, 6) is 2.34. The van der Waals surface area contributed by atoms with Crippen molar-refractivity contribution in [2.75, 3.05) is 27.2 Å². The van der Waals surface area contributed by atoms with E-state index in [4.69, 9.17) is 9.47 Å².